The molecule has 1 aromatic rings. The summed E-state index contributed by atoms with van der Waals surface area (Å²) in [4.78, 5) is 0. The van der Waals surface area contributed by atoms with Crippen molar-refractivity contribution in [3.05, 3.63) is 35.9 Å². The third-order valence-electron chi connectivity index (χ3n) is 1.31. The van der Waals surface area contributed by atoms with Crippen LogP contribution in [0.5, 0.6) is 0 Å². The summed E-state index contributed by atoms with van der Waals surface area (Å²) >= 11 is 0. The number of rotatable bonds is 2. The minimum atomic E-state index is -0.234. The fourth-order valence-corrected chi connectivity index (χ4v) is 0.886. The quantitative estimate of drug-likeness (QED) is 0.582. The van der Waals surface area contributed by atoms with Crippen LogP contribution in [0.3, 0.4) is 0 Å². The summed E-state index contributed by atoms with van der Waals surface area (Å²) in [5.41, 5.74) is 6.59. The van der Waals surface area contributed by atoms with E-state index in [2.05, 4.69) is 0 Å². The third-order valence-corrected chi connectivity index (χ3v) is 1.31. The first-order chi connectivity index (χ1) is 4.79. The van der Waals surface area contributed by atoms with Crippen LogP contribution < -0.4 is 35.3 Å². The molecule has 1 rings (SSSR count). The van der Waals surface area contributed by atoms with E-state index in [4.69, 9.17) is 13.6 Å². The SMILES string of the molecule is F.F.F.[B]C(N)Cc1ccccc1.[H-].[Na+]. The third kappa shape index (κ3) is 10.1. The molecule has 1 unspecified atom stereocenters. The Bertz CT molecular complexity index is 204. The summed E-state index contributed by atoms with van der Waals surface area (Å²) in [7, 11) is 5.40. The van der Waals surface area contributed by atoms with Crippen LogP contribution in [-0.2, 0) is 6.42 Å². The van der Waals surface area contributed by atoms with Gasteiger partial charge in [0.2, 0.25) is 0 Å². The van der Waals surface area contributed by atoms with Crippen LogP contribution in [0.1, 0.15) is 6.99 Å². The molecule has 1 atom stereocenters. The monoisotopic (exact) mass is 215 g/mol. The maximum absolute atomic E-state index is 5.40. The molecule has 0 aromatic heterocycles. The second-order valence-electron chi connectivity index (χ2n) is 2.35. The van der Waals surface area contributed by atoms with E-state index in [9.17, 15) is 0 Å². The molecule has 0 spiro atoms. The summed E-state index contributed by atoms with van der Waals surface area (Å²) in [6.07, 6.45) is 0.751. The Balaban J connectivity index is -0.0000000667. The molecule has 0 amide bonds. The summed E-state index contributed by atoms with van der Waals surface area (Å²) in [5.74, 6) is -0.234. The van der Waals surface area contributed by atoms with E-state index in [0.29, 0.717) is 0 Å². The van der Waals surface area contributed by atoms with Gasteiger partial charge in [0.25, 0.3) is 0 Å². The molecular weight excluding hydrogens is 201 g/mol. The molecule has 1 nitrogen and oxygen atoms in total. The van der Waals surface area contributed by atoms with E-state index in [-0.39, 0.29) is 51.0 Å². The van der Waals surface area contributed by atoms with Crippen molar-refractivity contribution in [1.82, 2.24) is 0 Å². The van der Waals surface area contributed by atoms with Crippen LogP contribution in [0.4, 0.5) is 14.1 Å². The Morgan fingerprint density at radius 3 is 1.93 bits per heavy atom. The Hall–Kier alpha value is 0.0349. The Labute approximate surface area is 107 Å². The summed E-state index contributed by atoms with van der Waals surface area (Å²) < 4.78 is 0. The van der Waals surface area contributed by atoms with Crippen molar-refractivity contribution in [2.75, 3.05) is 0 Å². The molecule has 0 aliphatic rings. The van der Waals surface area contributed by atoms with Crippen LogP contribution in [0.2, 0.25) is 0 Å². The van der Waals surface area contributed by atoms with E-state index in [0.717, 1.165) is 6.42 Å². The maximum Gasteiger partial charge on any atom is 1.00 e. The minimum Gasteiger partial charge on any atom is -1.00 e. The molecule has 1 aromatic carbocycles. The van der Waals surface area contributed by atoms with E-state index >= 15 is 0 Å². The largest absolute Gasteiger partial charge is 1.00 e. The van der Waals surface area contributed by atoms with Gasteiger partial charge in [-0.15, -0.1) is 0 Å². The van der Waals surface area contributed by atoms with Crippen LogP contribution in [-0.4, -0.2) is 13.8 Å². The molecule has 0 aliphatic carbocycles. The summed E-state index contributed by atoms with van der Waals surface area (Å²) in [5, 5.41) is 0. The zero-order chi connectivity index (χ0) is 7.40. The molecule has 2 radical (unpaired) electrons. The summed E-state index contributed by atoms with van der Waals surface area (Å²) in [6.45, 7) is 0. The Morgan fingerprint density at radius 1 is 1.14 bits per heavy atom. The molecule has 0 fully saturated rings. The van der Waals surface area contributed by atoms with Gasteiger partial charge in [0.15, 0.2) is 0 Å². The molecule has 0 bridgehead atoms. The second kappa shape index (κ2) is 13.0. The predicted octanol–water partition coefficient (Wildman–Crippen LogP) is -1.74. The first kappa shape index (κ1) is 23.7. The molecule has 0 saturated heterocycles. The first-order valence-electron chi connectivity index (χ1n) is 3.34. The van der Waals surface area contributed by atoms with Crippen LogP contribution in [0.15, 0.2) is 30.3 Å². The maximum atomic E-state index is 5.40. The van der Waals surface area contributed by atoms with E-state index in [1.807, 2.05) is 30.3 Å². The van der Waals surface area contributed by atoms with Crippen molar-refractivity contribution in [2.45, 2.75) is 12.4 Å². The van der Waals surface area contributed by atoms with E-state index in [1.165, 1.54) is 5.56 Å². The van der Waals surface area contributed by atoms with Gasteiger partial charge in [-0.25, -0.2) is 0 Å². The van der Waals surface area contributed by atoms with Crippen molar-refractivity contribution in [3.63, 3.8) is 0 Å². The van der Waals surface area contributed by atoms with Crippen LogP contribution in [0.25, 0.3) is 0 Å². The normalized spacial score (nSPS) is 9.21. The zero-order valence-electron chi connectivity index (χ0n) is 9.05. The van der Waals surface area contributed by atoms with Gasteiger partial charge in [-0.2, -0.15) is 0 Å². The van der Waals surface area contributed by atoms with Gasteiger partial charge in [-0.1, -0.05) is 30.3 Å². The Kier molecular flexibility index (Phi) is 22.0. The molecule has 6 heteroatoms. The van der Waals surface area contributed by atoms with Gasteiger partial charge in [-0.3, -0.25) is 14.1 Å². The Morgan fingerprint density at radius 2 is 1.57 bits per heavy atom. The van der Waals surface area contributed by atoms with Gasteiger partial charge in [0.05, 0.1) is 7.85 Å². The summed E-state index contributed by atoms with van der Waals surface area (Å²) in [6, 6.07) is 9.99. The molecular formula is C8H14BF3NNa. The number of halogens is 3. The molecule has 2 N–H and O–H groups in total. The van der Waals surface area contributed by atoms with Gasteiger partial charge in [0, 0.05) is 0 Å². The zero-order valence-corrected chi connectivity index (χ0v) is 10.1. The minimum absolute atomic E-state index is 0. The second-order valence-corrected chi connectivity index (χ2v) is 2.35. The van der Waals surface area contributed by atoms with Gasteiger partial charge in [-0.05, 0) is 17.9 Å². The number of hydrogen-bond donors (Lipinski definition) is 1. The molecule has 0 aliphatic heterocycles. The van der Waals surface area contributed by atoms with Gasteiger partial charge in [0.1, 0.15) is 0 Å². The van der Waals surface area contributed by atoms with Crippen molar-refractivity contribution >= 4 is 7.85 Å². The van der Waals surface area contributed by atoms with Crippen molar-refractivity contribution in [3.8, 4) is 0 Å². The van der Waals surface area contributed by atoms with Crippen molar-refractivity contribution in [2.24, 2.45) is 5.73 Å². The number of benzene rings is 1. The van der Waals surface area contributed by atoms with E-state index in [1.54, 1.807) is 0 Å². The van der Waals surface area contributed by atoms with Crippen molar-refractivity contribution in [1.29, 1.82) is 0 Å². The average Bonchev–Trinajstić information content (AvgIpc) is 1.88. The topological polar surface area (TPSA) is 26.0 Å². The smallest absolute Gasteiger partial charge is 1.00 e. The standard InChI is InChI=1S/C8H10BN.3FH.Na.H/c9-8(10)6-7-4-2-1-3-5-7;;;;;/h1-5,8H,6,10H2;3*1H;;/q;;;;+1;-1. The van der Waals surface area contributed by atoms with E-state index < -0.39 is 0 Å². The fraction of sp³-hybridized carbons (Fsp3) is 0.250. The van der Waals surface area contributed by atoms with Crippen molar-refractivity contribution < 1.29 is 45.1 Å². The van der Waals surface area contributed by atoms with Gasteiger partial charge < -0.3 is 7.16 Å². The average molecular weight is 215 g/mol. The van der Waals surface area contributed by atoms with Crippen LogP contribution >= 0.6 is 0 Å². The predicted molar refractivity (Wildman–Crippen MR) is 52.5 cm³/mol. The molecule has 76 valence electrons. The van der Waals surface area contributed by atoms with Crippen LogP contribution in [0, 0.1) is 0 Å². The molecule has 14 heavy (non-hydrogen) atoms. The first-order valence-corrected chi connectivity index (χ1v) is 3.34. The molecule has 0 saturated carbocycles. The van der Waals surface area contributed by atoms with Gasteiger partial charge >= 0.3 is 29.6 Å². The fourth-order valence-electron chi connectivity index (χ4n) is 0.886. The molecule has 0 heterocycles. The number of nitrogens with two attached hydrogens (primary N) is 1. The number of hydrogen-bond acceptors (Lipinski definition) is 1.